The molecule has 0 aliphatic rings. The third-order valence-electron chi connectivity index (χ3n) is 2.76. The second kappa shape index (κ2) is 11.9. The molecule has 4 nitrogen and oxygen atoms in total. The highest BCUT2D eigenvalue weighted by molar-refractivity contribution is 5.77. The number of carbonyl (C=O) groups excluding carboxylic acids is 2. The molecule has 0 fully saturated rings. The zero-order valence-electron chi connectivity index (χ0n) is 13.2. The van der Waals surface area contributed by atoms with E-state index in [4.69, 9.17) is 9.47 Å². The molecule has 0 aromatic rings. The van der Waals surface area contributed by atoms with E-state index >= 15 is 0 Å². The lowest BCUT2D eigenvalue weighted by Gasteiger charge is -2.10. The molecule has 0 unspecified atom stereocenters. The Labute approximate surface area is 127 Å². The zero-order chi connectivity index (χ0) is 16.1. The Balaban J connectivity index is 4.68. The number of allylic oxidation sites excluding steroid dienone is 2. The summed E-state index contributed by atoms with van der Waals surface area (Å²) in [6, 6.07) is 0. The van der Waals surface area contributed by atoms with Crippen LogP contribution in [0.3, 0.4) is 0 Å². The fraction of sp³-hybridized carbons (Fsp3) is 0.529. The highest BCUT2D eigenvalue weighted by atomic mass is 16.5. The molecule has 0 heterocycles. The van der Waals surface area contributed by atoms with Crippen molar-refractivity contribution in [3.63, 3.8) is 0 Å². The molecule has 0 aliphatic carbocycles. The first-order chi connectivity index (χ1) is 10.0. The molecule has 0 rings (SSSR count). The van der Waals surface area contributed by atoms with Gasteiger partial charge in [-0.05, 0) is 44.3 Å². The number of ether oxygens (including phenoxy) is 2. The lowest BCUT2D eigenvalue weighted by molar-refractivity contribution is -0.143. The summed E-state index contributed by atoms with van der Waals surface area (Å²) in [4.78, 5) is 23.1. The number of hydrogen-bond acceptors (Lipinski definition) is 4. The van der Waals surface area contributed by atoms with E-state index in [1.807, 2.05) is 12.2 Å². The third-order valence-corrected chi connectivity index (χ3v) is 2.76. The van der Waals surface area contributed by atoms with E-state index in [1.54, 1.807) is 13.8 Å². The van der Waals surface area contributed by atoms with Gasteiger partial charge in [-0.3, -0.25) is 9.59 Å². The normalized spacial score (nSPS) is 10.9. The van der Waals surface area contributed by atoms with E-state index in [-0.39, 0.29) is 24.8 Å². The predicted molar refractivity (Wildman–Crippen MR) is 83.8 cm³/mol. The van der Waals surface area contributed by atoms with Gasteiger partial charge in [0.2, 0.25) is 0 Å². The monoisotopic (exact) mass is 294 g/mol. The molecule has 0 aromatic carbocycles. The van der Waals surface area contributed by atoms with E-state index in [0.717, 1.165) is 24.8 Å². The summed E-state index contributed by atoms with van der Waals surface area (Å²) in [6.45, 7) is 11.8. The van der Waals surface area contributed by atoms with Crippen LogP contribution in [0.5, 0.6) is 0 Å². The van der Waals surface area contributed by atoms with Crippen molar-refractivity contribution in [3.8, 4) is 0 Å². The molecule has 0 atom stereocenters. The van der Waals surface area contributed by atoms with Crippen molar-refractivity contribution in [2.75, 3.05) is 13.2 Å². The molecule has 4 heteroatoms. The van der Waals surface area contributed by atoms with Gasteiger partial charge in [0, 0.05) is 0 Å². The Kier molecular flexibility index (Phi) is 10.9. The molecule has 0 spiro atoms. The van der Waals surface area contributed by atoms with Gasteiger partial charge >= 0.3 is 11.9 Å². The summed E-state index contributed by atoms with van der Waals surface area (Å²) in [5, 5.41) is 0. The van der Waals surface area contributed by atoms with Crippen molar-refractivity contribution in [3.05, 3.63) is 36.5 Å². The summed E-state index contributed by atoms with van der Waals surface area (Å²) in [5.41, 5.74) is 1.37. The molecule has 0 aliphatic heterocycles. The fourth-order valence-electron chi connectivity index (χ4n) is 1.75. The van der Waals surface area contributed by atoms with Gasteiger partial charge in [0.05, 0.1) is 26.1 Å². The first-order valence-electron chi connectivity index (χ1n) is 7.34. The van der Waals surface area contributed by atoms with Gasteiger partial charge in [-0.2, -0.15) is 0 Å². The second-order valence-corrected chi connectivity index (χ2v) is 4.52. The summed E-state index contributed by atoms with van der Waals surface area (Å²) < 4.78 is 9.85. The van der Waals surface area contributed by atoms with Gasteiger partial charge in [-0.25, -0.2) is 0 Å². The predicted octanol–water partition coefficient (Wildman–Crippen LogP) is 3.73. The lowest BCUT2D eigenvalue weighted by atomic mass is 9.99. The first-order valence-corrected chi connectivity index (χ1v) is 7.34. The van der Waals surface area contributed by atoms with Crippen LogP contribution in [0.25, 0.3) is 0 Å². The SMILES string of the molecule is C=CCCC/C=C(\CC(=O)OCC)C(=C)CC(=O)OCC. The van der Waals surface area contributed by atoms with Crippen LogP contribution in [-0.4, -0.2) is 25.2 Å². The van der Waals surface area contributed by atoms with E-state index in [1.165, 1.54) is 0 Å². The highest BCUT2D eigenvalue weighted by Crippen LogP contribution is 2.19. The maximum atomic E-state index is 11.6. The van der Waals surface area contributed by atoms with Crippen molar-refractivity contribution in [2.45, 2.75) is 46.0 Å². The number of rotatable bonds is 11. The molecular weight excluding hydrogens is 268 g/mol. The van der Waals surface area contributed by atoms with Crippen molar-refractivity contribution < 1.29 is 19.1 Å². The van der Waals surface area contributed by atoms with Crippen LogP contribution in [0.15, 0.2) is 36.5 Å². The molecule has 0 bridgehead atoms. The summed E-state index contributed by atoms with van der Waals surface area (Å²) in [5.74, 6) is -0.638. The maximum Gasteiger partial charge on any atom is 0.310 e. The molecule has 0 aromatic heterocycles. The van der Waals surface area contributed by atoms with E-state index in [2.05, 4.69) is 13.2 Å². The van der Waals surface area contributed by atoms with Crippen molar-refractivity contribution >= 4 is 11.9 Å². The quantitative estimate of drug-likeness (QED) is 0.252. The Morgan fingerprint density at radius 1 is 1.00 bits per heavy atom. The Bertz CT molecular complexity index is 394. The third kappa shape index (κ3) is 9.66. The van der Waals surface area contributed by atoms with Crippen LogP contribution in [0.2, 0.25) is 0 Å². The highest BCUT2D eigenvalue weighted by Gasteiger charge is 2.13. The Hall–Kier alpha value is -1.84. The second-order valence-electron chi connectivity index (χ2n) is 4.52. The molecule has 0 amide bonds. The largest absolute Gasteiger partial charge is 0.466 e. The van der Waals surface area contributed by atoms with Crippen molar-refractivity contribution in [1.82, 2.24) is 0 Å². The van der Waals surface area contributed by atoms with Gasteiger partial charge in [0.1, 0.15) is 0 Å². The standard InChI is InChI=1S/C17H26O4/c1-5-8-9-10-11-15(13-17(19)21-7-3)14(4)12-16(18)20-6-2/h5,11H,1,4,6-10,12-13H2,2-3H3/b15-11+. The number of hydrogen-bond donors (Lipinski definition) is 0. The van der Waals surface area contributed by atoms with Gasteiger partial charge < -0.3 is 9.47 Å². The number of unbranched alkanes of at least 4 members (excludes halogenated alkanes) is 2. The van der Waals surface area contributed by atoms with Gasteiger partial charge in [0.25, 0.3) is 0 Å². The average molecular weight is 294 g/mol. The van der Waals surface area contributed by atoms with Crippen LogP contribution in [0, 0.1) is 0 Å². The minimum absolute atomic E-state index is 0.0978. The summed E-state index contributed by atoms with van der Waals surface area (Å²) in [6.07, 6.45) is 6.70. The summed E-state index contributed by atoms with van der Waals surface area (Å²) in [7, 11) is 0. The topological polar surface area (TPSA) is 52.6 Å². The molecular formula is C17H26O4. The average Bonchev–Trinajstić information content (AvgIpc) is 2.42. The molecule has 0 radical (unpaired) electrons. The molecule has 21 heavy (non-hydrogen) atoms. The minimum Gasteiger partial charge on any atom is -0.466 e. The van der Waals surface area contributed by atoms with E-state index < -0.39 is 0 Å². The van der Waals surface area contributed by atoms with Crippen LogP contribution in [0.1, 0.15) is 46.0 Å². The lowest BCUT2D eigenvalue weighted by Crippen LogP contribution is -2.10. The van der Waals surface area contributed by atoms with Crippen LogP contribution >= 0.6 is 0 Å². The number of carbonyl (C=O) groups is 2. The molecule has 0 saturated carbocycles. The van der Waals surface area contributed by atoms with Crippen LogP contribution < -0.4 is 0 Å². The van der Waals surface area contributed by atoms with E-state index in [0.29, 0.717) is 18.8 Å². The van der Waals surface area contributed by atoms with Crippen molar-refractivity contribution in [2.24, 2.45) is 0 Å². The molecule has 0 N–H and O–H groups in total. The van der Waals surface area contributed by atoms with Crippen molar-refractivity contribution in [1.29, 1.82) is 0 Å². The fourth-order valence-corrected chi connectivity index (χ4v) is 1.75. The summed E-state index contributed by atoms with van der Waals surface area (Å²) >= 11 is 0. The molecule has 118 valence electrons. The Morgan fingerprint density at radius 3 is 2.10 bits per heavy atom. The maximum absolute atomic E-state index is 11.6. The number of esters is 2. The Morgan fingerprint density at radius 2 is 1.57 bits per heavy atom. The molecule has 0 saturated heterocycles. The van der Waals surface area contributed by atoms with E-state index in [9.17, 15) is 9.59 Å². The van der Waals surface area contributed by atoms with Crippen LogP contribution in [-0.2, 0) is 19.1 Å². The first kappa shape index (κ1) is 19.2. The van der Waals surface area contributed by atoms with Gasteiger partial charge in [0.15, 0.2) is 0 Å². The van der Waals surface area contributed by atoms with Gasteiger partial charge in [-0.15, -0.1) is 6.58 Å². The van der Waals surface area contributed by atoms with Crippen LogP contribution in [0.4, 0.5) is 0 Å². The minimum atomic E-state index is -0.330. The van der Waals surface area contributed by atoms with Gasteiger partial charge in [-0.1, -0.05) is 18.7 Å². The zero-order valence-corrected chi connectivity index (χ0v) is 13.2. The smallest absolute Gasteiger partial charge is 0.310 e.